The molecule has 3 aromatic carbocycles. The third kappa shape index (κ3) is 5.33. The fourth-order valence-electron chi connectivity index (χ4n) is 5.68. The molecule has 3 aromatic rings. The van der Waals surface area contributed by atoms with Crippen molar-refractivity contribution in [3.05, 3.63) is 90.0 Å². The van der Waals surface area contributed by atoms with Crippen molar-refractivity contribution in [1.29, 1.82) is 0 Å². The lowest BCUT2D eigenvalue weighted by Crippen LogP contribution is -2.68. The van der Waals surface area contributed by atoms with Gasteiger partial charge in [0.25, 0.3) is 8.32 Å². The molecule has 2 aliphatic rings. The van der Waals surface area contributed by atoms with E-state index >= 15 is 0 Å². The van der Waals surface area contributed by atoms with E-state index in [2.05, 4.69) is 45.0 Å². The number of hydrogen-bond donors (Lipinski definition) is 0. The molecule has 0 bridgehead atoms. The van der Waals surface area contributed by atoms with Gasteiger partial charge >= 0.3 is 5.97 Å². The number of nitrogens with zero attached hydrogens (tertiary/aromatic N) is 1. The molecule has 0 spiro atoms. The van der Waals surface area contributed by atoms with Crippen molar-refractivity contribution < 1.29 is 22.4 Å². The lowest BCUT2D eigenvalue weighted by molar-refractivity contribution is -0.159. The lowest BCUT2D eigenvalue weighted by Gasteiger charge is -2.45. The summed E-state index contributed by atoms with van der Waals surface area (Å²) in [6.45, 7) is 6.38. The standard InChI is InChI=1S/C30H34ClNO5SSi/c1-30(2,3)39(25-10-6-4-7-11-25,26-12-8-5-9-13-26)37-21-28-29(33)36-20-27(22-14-15-22)32(28)38(34,35)24-18-16-23(31)17-19-24/h4-13,16-19,22,27-28H,14-15,20-21H2,1-3H3/t27-,28-/m0/s1. The Bertz CT molecular complexity index is 1370. The second-order valence-electron chi connectivity index (χ2n) is 11.3. The molecular weight excluding hydrogens is 550 g/mol. The SMILES string of the molecule is CC(C)(C)[Si](OC[C@H]1C(=O)OC[C@@H](C2CC2)N1S(=O)(=O)c1ccc(Cl)cc1)(c1ccccc1)c1ccccc1. The predicted octanol–water partition coefficient (Wildman–Crippen LogP) is 4.61. The average Bonchev–Trinajstić information content (AvgIpc) is 3.76. The summed E-state index contributed by atoms with van der Waals surface area (Å²) in [7, 11) is -7.06. The maximum atomic E-state index is 14.1. The lowest BCUT2D eigenvalue weighted by atomic mass is 10.1. The molecule has 1 aliphatic heterocycles. The van der Waals surface area contributed by atoms with E-state index in [0.29, 0.717) is 5.02 Å². The first-order valence-corrected chi connectivity index (χ1v) is 17.0. The van der Waals surface area contributed by atoms with Gasteiger partial charge in [0.2, 0.25) is 10.0 Å². The van der Waals surface area contributed by atoms with Crippen LogP contribution in [0.15, 0.2) is 89.8 Å². The van der Waals surface area contributed by atoms with Gasteiger partial charge in [-0.3, -0.25) is 4.79 Å². The van der Waals surface area contributed by atoms with Gasteiger partial charge in [-0.15, -0.1) is 0 Å². The zero-order chi connectivity index (χ0) is 27.8. The summed E-state index contributed by atoms with van der Waals surface area (Å²) >= 11 is 6.05. The van der Waals surface area contributed by atoms with E-state index in [1.807, 2.05) is 36.4 Å². The van der Waals surface area contributed by atoms with Crippen LogP contribution in [-0.4, -0.2) is 52.3 Å². The van der Waals surface area contributed by atoms with Gasteiger partial charge in [-0.25, -0.2) is 8.42 Å². The maximum Gasteiger partial charge on any atom is 0.326 e. The fraction of sp³-hybridized carbons (Fsp3) is 0.367. The molecule has 0 aromatic heterocycles. The number of halogens is 1. The van der Waals surface area contributed by atoms with Crippen LogP contribution in [0.5, 0.6) is 0 Å². The first-order valence-electron chi connectivity index (χ1n) is 13.3. The molecule has 9 heteroatoms. The highest BCUT2D eigenvalue weighted by Crippen LogP contribution is 2.42. The summed E-state index contributed by atoms with van der Waals surface area (Å²) < 4.78 is 42.2. The van der Waals surface area contributed by atoms with Gasteiger partial charge in [-0.05, 0) is 58.4 Å². The Kier molecular flexibility index (Phi) is 7.78. The Hall–Kier alpha value is -2.49. The van der Waals surface area contributed by atoms with Crippen molar-refractivity contribution >= 4 is 46.3 Å². The zero-order valence-electron chi connectivity index (χ0n) is 22.4. The number of esters is 1. The molecule has 206 valence electrons. The van der Waals surface area contributed by atoms with Gasteiger partial charge in [0.05, 0.1) is 17.5 Å². The van der Waals surface area contributed by atoms with Crippen LogP contribution >= 0.6 is 11.6 Å². The summed E-state index contributed by atoms with van der Waals surface area (Å²) in [4.78, 5) is 13.5. The summed E-state index contributed by atoms with van der Waals surface area (Å²) in [6, 6.07) is 24.7. The van der Waals surface area contributed by atoms with Gasteiger partial charge < -0.3 is 9.16 Å². The molecule has 0 radical (unpaired) electrons. The Labute approximate surface area is 237 Å². The van der Waals surface area contributed by atoms with Crippen molar-refractivity contribution in [2.24, 2.45) is 5.92 Å². The number of hydrogen-bond acceptors (Lipinski definition) is 5. The van der Waals surface area contributed by atoms with Gasteiger partial charge in [-0.2, -0.15) is 4.31 Å². The molecular formula is C30H34ClNO5SSi. The van der Waals surface area contributed by atoms with Gasteiger partial charge in [0.1, 0.15) is 12.6 Å². The van der Waals surface area contributed by atoms with E-state index < -0.39 is 36.4 Å². The quantitative estimate of drug-likeness (QED) is 0.286. The zero-order valence-corrected chi connectivity index (χ0v) is 25.0. The predicted molar refractivity (Wildman–Crippen MR) is 155 cm³/mol. The minimum Gasteiger partial charge on any atom is -0.463 e. The minimum atomic E-state index is -4.04. The molecule has 0 N–H and O–H groups in total. The second-order valence-corrected chi connectivity index (χ2v) is 17.9. The smallest absolute Gasteiger partial charge is 0.326 e. The fourth-order valence-corrected chi connectivity index (χ4v) is 12.2. The number of sulfonamides is 1. The molecule has 5 rings (SSSR count). The number of morpholine rings is 1. The Morgan fingerprint density at radius 3 is 1.95 bits per heavy atom. The van der Waals surface area contributed by atoms with Gasteiger partial charge in [0.15, 0.2) is 0 Å². The van der Waals surface area contributed by atoms with Crippen LogP contribution < -0.4 is 10.4 Å². The summed E-state index contributed by atoms with van der Waals surface area (Å²) in [5.74, 6) is -0.432. The third-order valence-electron chi connectivity index (χ3n) is 7.73. The number of benzene rings is 3. The number of carbonyl (C=O) groups excluding carboxylic acids is 1. The molecule has 39 heavy (non-hydrogen) atoms. The summed E-state index contributed by atoms with van der Waals surface area (Å²) in [5, 5.41) is 2.22. The van der Waals surface area contributed by atoms with Crippen LogP contribution in [0.3, 0.4) is 0 Å². The monoisotopic (exact) mass is 583 g/mol. The number of carbonyl (C=O) groups is 1. The third-order valence-corrected chi connectivity index (χ3v) is 14.9. The minimum absolute atomic E-state index is 0.0477. The van der Waals surface area contributed by atoms with Crippen LogP contribution in [0.1, 0.15) is 33.6 Å². The first-order chi connectivity index (χ1) is 18.6. The molecule has 1 saturated carbocycles. The molecule has 1 heterocycles. The molecule has 1 saturated heterocycles. The van der Waals surface area contributed by atoms with E-state index in [1.54, 1.807) is 12.1 Å². The summed E-state index contributed by atoms with van der Waals surface area (Å²) in [5.41, 5.74) is 0. The highest BCUT2D eigenvalue weighted by Gasteiger charge is 2.54. The van der Waals surface area contributed by atoms with Crippen LogP contribution in [0.25, 0.3) is 0 Å². The Morgan fingerprint density at radius 2 is 1.46 bits per heavy atom. The summed E-state index contributed by atoms with van der Waals surface area (Å²) in [6.07, 6.45) is 1.80. The molecule has 0 unspecified atom stereocenters. The van der Waals surface area contributed by atoms with Crippen LogP contribution in [-0.2, 0) is 24.0 Å². The van der Waals surface area contributed by atoms with Crippen molar-refractivity contribution in [2.75, 3.05) is 13.2 Å². The normalized spacial score (nSPS) is 21.0. The number of cyclic esters (lactones) is 1. The average molecular weight is 584 g/mol. The van der Waals surface area contributed by atoms with Gasteiger partial charge in [-0.1, -0.05) is 93.0 Å². The largest absolute Gasteiger partial charge is 0.463 e. The first kappa shape index (κ1) is 28.1. The van der Waals surface area contributed by atoms with E-state index in [1.165, 1.54) is 16.4 Å². The molecule has 6 nitrogen and oxygen atoms in total. The Morgan fingerprint density at radius 1 is 0.923 bits per heavy atom. The molecule has 1 aliphatic carbocycles. The van der Waals surface area contributed by atoms with Crippen LogP contribution in [0.2, 0.25) is 10.1 Å². The molecule has 2 fully saturated rings. The Balaban J connectivity index is 1.59. The topological polar surface area (TPSA) is 72.9 Å². The van der Waals surface area contributed by atoms with E-state index in [9.17, 15) is 13.2 Å². The second kappa shape index (κ2) is 10.8. The highest BCUT2D eigenvalue weighted by atomic mass is 35.5. The highest BCUT2D eigenvalue weighted by molar-refractivity contribution is 7.89. The number of ether oxygens (including phenoxy) is 1. The molecule has 0 amide bonds. The van der Waals surface area contributed by atoms with Crippen molar-refractivity contribution in [3.63, 3.8) is 0 Å². The van der Waals surface area contributed by atoms with E-state index in [4.69, 9.17) is 20.8 Å². The molecule has 2 atom stereocenters. The van der Waals surface area contributed by atoms with Crippen molar-refractivity contribution in [2.45, 2.75) is 55.6 Å². The number of rotatable bonds is 8. The van der Waals surface area contributed by atoms with Crippen molar-refractivity contribution in [3.8, 4) is 0 Å². The maximum absolute atomic E-state index is 14.1. The van der Waals surface area contributed by atoms with Crippen LogP contribution in [0.4, 0.5) is 0 Å². The van der Waals surface area contributed by atoms with E-state index in [-0.39, 0.29) is 29.1 Å². The van der Waals surface area contributed by atoms with E-state index in [0.717, 1.165) is 23.2 Å². The van der Waals surface area contributed by atoms with Gasteiger partial charge in [0, 0.05) is 5.02 Å². The van der Waals surface area contributed by atoms with Crippen LogP contribution in [0, 0.1) is 5.92 Å². The van der Waals surface area contributed by atoms with Crippen molar-refractivity contribution in [1.82, 2.24) is 4.31 Å².